The van der Waals surface area contributed by atoms with Gasteiger partial charge in [-0.1, -0.05) is 0 Å². The van der Waals surface area contributed by atoms with Crippen LogP contribution in [0.15, 0.2) is 22.6 Å². The SMILES string of the molecule is Cn1cnc(CCn2c(=S)[nH]c3sccc3c2=O)n1. The Morgan fingerprint density at radius 3 is 3.11 bits per heavy atom. The fourth-order valence-corrected chi connectivity index (χ4v) is 3.01. The summed E-state index contributed by atoms with van der Waals surface area (Å²) >= 11 is 6.70. The van der Waals surface area contributed by atoms with Crippen LogP contribution in [0.25, 0.3) is 10.2 Å². The Morgan fingerprint density at radius 2 is 2.37 bits per heavy atom. The summed E-state index contributed by atoms with van der Waals surface area (Å²) in [6.07, 6.45) is 2.22. The molecule has 0 fully saturated rings. The maximum atomic E-state index is 12.3. The molecule has 1 N–H and O–H groups in total. The molecular weight excluding hydrogens is 282 g/mol. The standard InChI is InChI=1S/C11H11N5OS2/c1-15-6-12-8(14-15)2-4-16-10(17)7-3-5-19-9(7)13-11(16)18/h3,5-6H,2,4H2,1H3,(H,13,18). The van der Waals surface area contributed by atoms with Crippen molar-refractivity contribution in [2.24, 2.45) is 7.05 Å². The molecule has 0 aliphatic carbocycles. The highest BCUT2D eigenvalue weighted by Gasteiger charge is 2.07. The third-order valence-electron chi connectivity index (χ3n) is 2.81. The van der Waals surface area contributed by atoms with Gasteiger partial charge in [-0.25, -0.2) is 4.98 Å². The summed E-state index contributed by atoms with van der Waals surface area (Å²) in [4.78, 5) is 20.3. The molecule has 0 radical (unpaired) electrons. The summed E-state index contributed by atoms with van der Waals surface area (Å²) < 4.78 is 3.64. The molecule has 0 atom stereocenters. The maximum Gasteiger partial charge on any atom is 0.263 e. The maximum absolute atomic E-state index is 12.3. The van der Waals surface area contributed by atoms with E-state index in [1.807, 2.05) is 18.5 Å². The van der Waals surface area contributed by atoms with Gasteiger partial charge in [-0.3, -0.25) is 14.0 Å². The van der Waals surface area contributed by atoms with Crippen LogP contribution in [0.5, 0.6) is 0 Å². The second-order valence-corrected chi connectivity index (χ2v) is 5.44. The van der Waals surface area contributed by atoms with Gasteiger partial charge in [0.15, 0.2) is 10.6 Å². The summed E-state index contributed by atoms with van der Waals surface area (Å²) in [6, 6.07) is 1.81. The molecule has 3 rings (SSSR count). The molecule has 3 aromatic heterocycles. The zero-order valence-corrected chi connectivity index (χ0v) is 11.8. The monoisotopic (exact) mass is 293 g/mol. The van der Waals surface area contributed by atoms with Gasteiger partial charge in [0.1, 0.15) is 11.2 Å². The lowest BCUT2D eigenvalue weighted by atomic mass is 10.3. The fraction of sp³-hybridized carbons (Fsp3) is 0.273. The Morgan fingerprint density at radius 1 is 1.53 bits per heavy atom. The van der Waals surface area contributed by atoms with Gasteiger partial charge in [0.05, 0.1) is 5.39 Å². The number of aromatic amines is 1. The Kier molecular flexibility index (Phi) is 3.03. The number of fused-ring (bicyclic) bond motifs is 1. The van der Waals surface area contributed by atoms with Crippen LogP contribution < -0.4 is 5.56 Å². The molecule has 19 heavy (non-hydrogen) atoms. The lowest BCUT2D eigenvalue weighted by Gasteiger charge is -2.04. The number of rotatable bonds is 3. The summed E-state index contributed by atoms with van der Waals surface area (Å²) in [5.74, 6) is 0.703. The molecule has 0 aliphatic heterocycles. The highest BCUT2D eigenvalue weighted by Crippen LogP contribution is 2.14. The highest BCUT2D eigenvalue weighted by atomic mass is 32.1. The minimum atomic E-state index is -0.0593. The van der Waals surface area contributed by atoms with Crippen molar-refractivity contribution in [3.63, 3.8) is 0 Å². The van der Waals surface area contributed by atoms with E-state index in [-0.39, 0.29) is 5.56 Å². The van der Waals surface area contributed by atoms with E-state index >= 15 is 0 Å². The van der Waals surface area contributed by atoms with Gasteiger partial charge in [-0.05, 0) is 23.7 Å². The van der Waals surface area contributed by atoms with Gasteiger partial charge >= 0.3 is 0 Å². The number of nitrogens with one attached hydrogen (secondary N) is 1. The van der Waals surface area contributed by atoms with Gasteiger partial charge in [0.25, 0.3) is 5.56 Å². The Labute approximate surface area is 117 Å². The number of hydrogen-bond acceptors (Lipinski definition) is 5. The zero-order valence-electron chi connectivity index (χ0n) is 10.2. The van der Waals surface area contributed by atoms with E-state index in [1.54, 1.807) is 15.6 Å². The summed E-state index contributed by atoms with van der Waals surface area (Å²) in [5.41, 5.74) is -0.0593. The molecule has 8 heteroatoms. The second-order valence-electron chi connectivity index (χ2n) is 4.13. The van der Waals surface area contributed by atoms with Crippen LogP contribution in [0.2, 0.25) is 0 Å². The molecule has 0 aliphatic rings. The smallest absolute Gasteiger partial charge is 0.263 e. The van der Waals surface area contributed by atoms with Gasteiger partial charge in [-0.15, -0.1) is 11.3 Å². The largest absolute Gasteiger partial charge is 0.323 e. The van der Waals surface area contributed by atoms with Crippen molar-refractivity contribution in [3.8, 4) is 0 Å². The summed E-state index contributed by atoms with van der Waals surface area (Å²) in [5, 5.41) is 6.74. The van der Waals surface area contributed by atoms with Crippen molar-refractivity contribution < 1.29 is 0 Å². The van der Waals surface area contributed by atoms with Crippen molar-refractivity contribution in [1.29, 1.82) is 0 Å². The molecule has 3 aromatic rings. The van der Waals surface area contributed by atoms with Crippen LogP contribution >= 0.6 is 23.6 Å². The van der Waals surface area contributed by atoms with E-state index in [0.717, 1.165) is 4.83 Å². The van der Waals surface area contributed by atoms with Crippen molar-refractivity contribution in [1.82, 2.24) is 24.3 Å². The van der Waals surface area contributed by atoms with Gasteiger partial charge in [-0.2, -0.15) is 5.10 Å². The quantitative estimate of drug-likeness (QED) is 0.743. The molecule has 0 unspecified atom stereocenters. The van der Waals surface area contributed by atoms with E-state index in [0.29, 0.717) is 28.9 Å². The third-order valence-corrected chi connectivity index (χ3v) is 3.96. The lowest BCUT2D eigenvalue weighted by Crippen LogP contribution is -2.22. The number of aryl methyl sites for hydroxylation is 2. The van der Waals surface area contributed by atoms with Crippen molar-refractivity contribution >= 4 is 33.8 Å². The zero-order chi connectivity index (χ0) is 13.4. The van der Waals surface area contributed by atoms with Crippen molar-refractivity contribution in [3.05, 3.63) is 38.7 Å². The molecule has 0 saturated carbocycles. The first-order valence-corrected chi connectivity index (χ1v) is 6.99. The van der Waals surface area contributed by atoms with Crippen LogP contribution in [0, 0.1) is 4.77 Å². The van der Waals surface area contributed by atoms with E-state index in [9.17, 15) is 4.79 Å². The minimum Gasteiger partial charge on any atom is -0.323 e. The lowest BCUT2D eigenvalue weighted by molar-refractivity contribution is 0.628. The predicted octanol–water partition coefficient (Wildman–Crippen LogP) is 1.49. The molecule has 6 nitrogen and oxygen atoms in total. The van der Waals surface area contributed by atoms with Crippen molar-refractivity contribution in [2.45, 2.75) is 13.0 Å². The highest BCUT2D eigenvalue weighted by molar-refractivity contribution is 7.71. The number of aromatic nitrogens is 5. The summed E-state index contributed by atoms with van der Waals surface area (Å²) in [6.45, 7) is 0.476. The Bertz CT molecular complexity index is 841. The van der Waals surface area contributed by atoms with E-state index in [1.165, 1.54) is 11.3 Å². The normalized spacial score (nSPS) is 11.2. The van der Waals surface area contributed by atoms with E-state index < -0.39 is 0 Å². The molecule has 0 aromatic carbocycles. The average molecular weight is 293 g/mol. The van der Waals surface area contributed by atoms with Crippen LogP contribution in [-0.4, -0.2) is 24.3 Å². The van der Waals surface area contributed by atoms with Crippen LogP contribution in [0.4, 0.5) is 0 Å². The minimum absolute atomic E-state index is 0.0593. The Hall–Kier alpha value is -1.80. The van der Waals surface area contributed by atoms with Crippen LogP contribution in [0.1, 0.15) is 5.82 Å². The first-order chi connectivity index (χ1) is 9.15. The molecule has 0 spiro atoms. The molecule has 0 amide bonds. The number of nitrogens with zero attached hydrogens (tertiary/aromatic N) is 4. The van der Waals surface area contributed by atoms with Crippen LogP contribution in [-0.2, 0) is 20.0 Å². The molecule has 98 valence electrons. The topological polar surface area (TPSA) is 68.5 Å². The summed E-state index contributed by atoms with van der Waals surface area (Å²) in [7, 11) is 1.81. The second kappa shape index (κ2) is 4.71. The number of thiophene rings is 1. The van der Waals surface area contributed by atoms with Gasteiger partial charge in [0.2, 0.25) is 0 Å². The molecular formula is C11H11N5OS2. The molecule has 3 heterocycles. The molecule has 0 saturated heterocycles. The fourth-order valence-electron chi connectivity index (χ4n) is 1.89. The van der Waals surface area contributed by atoms with Gasteiger partial charge < -0.3 is 4.98 Å². The van der Waals surface area contributed by atoms with Gasteiger partial charge in [0, 0.05) is 20.0 Å². The van der Waals surface area contributed by atoms with Crippen molar-refractivity contribution in [2.75, 3.05) is 0 Å². The van der Waals surface area contributed by atoms with E-state index in [2.05, 4.69) is 15.1 Å². The third kappa shape index (κ3) is 2.24. The average Bonchev–Trinajstić information content (AvgIpc) is 2.98. The number of hydrogen-bond donors (Lipinski definition) is 1. The molecule has 0 bridgehead atoms. The predicted molar refractivity (Wildman–Crippen MR) is 76.0 cm³/mol. The number of H-pyrrole nitrogens is 1. The first kappa shape index (κ1) is 12.2. The first-order valence-electron chi connectivity index (χ1n) is 5.70. The Balaban J connectivity index is 1.96. The van der Waals surface area contributed by atoms with E-state index in [4.69, 9.17) is 12.2 Å². The van der Waals surface area contributed by atoms with Crippen LogP contribution in [0.3, 0.4) is 0 Å².